The highest BCUT2D eigenvalue weighted by molar-refractivity contribution is 8.04. The van der Waals surface area contributed by atoms with E-state index in [-0.39, 0.29) is 23.6 Å². The van der Waals surface area contributed by atoms with Crippen LogP contribution < -0.4 is 0 Å². The fourth-order valence-electron chi connectivity index (χ4n) is 1.85. The quantitative estimate of drug-likeness (QED) is 0.495. The summed E-state index contributed by atoms with van der Waals surface area (Å²) >= 11 is 1.22. The van der Waals surface area contributed by atoms with E-state index in [9.17, 15) is 9.90 Å². The van der Waals surface area contributed by atoms with E-state index in [0.29, 0.717) is 6.61 Å². The summed E-state index contributed by atoms with van der Waals surface area (Å²) < 4.78 is 10.8. The molecule has 0 bridgehead atoms. The number of ether oxygens (including phenoxy) is 2. The first-order valence-corrected chi connectivity index (χ1v) is 7.45. The van der Waals surface area contributed by atoms with Crippen LogP contribution >= 0.6 is 11.8 Å². The maximum Gasteiger partial charge on any atom is 0.198 e. The molecule has 1 aromatic rings. The Labute approximate surface area is 122 Å². The molecule has 0 saturated carbocycles. The van der Waals surface area contributed by atoms with Gasteiger partial charge < -0.3 is 14.6 Å². The number of carbonyl (C=O) groups excluding carboxylic acids is 1. The molecule has 1 aliphatic rings. The number of thioether (sulfide) groups is 1. The van der Waals surface area contributed by atoms with Gasteiger partial charge >= 0.3 is 0 Å². The van der Waals surface area contributed by atoms with Crippen LogP contribution in [0.2, 0.25) is 0 Å². The summed E-state index contributed by atoms with van der Waals surface area (Å²) in [6.07, 6.45) is 3.46. The molecule has 5 heteroatoms. The Morgan fingerprint density at radius 1 is 1.40 bits per heavy atom. The van der Waals surface area contributed by atoms with Crippen LogP contribution in [0.25, 0.3) is 0 Å². The standard InChI is InChI=1S/C15H18O4S/c16-10-14(20-12-6-2-1-3-7-12)13(17)11-19-15-8-4-5-9-18-15/h1-3,6-7,10,15-16H,4-5,8-9,11H2. The van der Waals surface area contributed by atoms with Crippen molar-refractivity contribution < 1.29 is 19.4 Å². The predicted octanol–water partition coefficient (Wildman–Crippen LogP) is 3.29. The summed E-state index contributed by atoms with van der Waals surface area (Å²) in [4.78, 5) is 13.2. The first-order chi connectivity index (χ1) is 9.79. The highest BCUT2D eigenvalue weighted by Gasteiger charge is 2.18. The normalized spacial score (nSPS) is 19.8. The molecule has 1 fully saturated rings. The molecular weight excluding hydrogens is 276 g/mol. The second kappa shape index (κ2) is 8.09. The van der Waals surface area contributed by atoms with Crippen molar-refractivity contribution in [1.29, 1.82) is 0 Å². The minimum atomic E-state index is -0.297. The van der Waals surface area contributed by atoms with E-state index in [1.54, 1.807) is 0 Å². The first-order valence-electron chi connectivity index (χ1n) is 6.63. The SMILES string of the molecule is O=C(COC1CCCCO1)C(=CO)Sc1ccccc1. The van der Waals surface area contributed by atoms with Crippen molar-refractivity contribution in [2.45, 2.75) is 30.4 Å². The topological polar surface area (TPSA) is 55.8 Å². The zero-order chi connectivity index (χ0) is 14.2. The maximum atomic E-state index is 12.0. The van der Waals surface area contributed by atoms with Gasteiger partial charge in [-0.05, 0) is 31.4 Å². The lowest BCUT2D eigenvalue weighted by molar-refractivity contribution is -0.167. The van der Waals surface area contributed by atoms with Crippen LogP contribution in [-0.4, -0.2) is 30.4 Å². The van der Waals surface area contributed by atoms with Crippen molar-refractivity contribution in [1.82, 2.24) is 0 Å². The number of hydrogen-bond acceptors (Lipinski definition) is 5. The third kappa shape index (κ3) is 4.67. The summed E-state index contributed by atoms with van der Waals surface area (Å²) in [5.74, 6) is -0.240. The predicted molar refractivity (Wildman–Crippen MR) is 77.6 cm³/mol. The number of Topliss-reactive ketones (excluding diaryl/α,β-unsaturated/α-hetero) is 1. The molecule has 1 atom stereocenters. The van der Waals surface area contributed by atoms with E-state index in [2.05, 4.69) is 0 Å². The number of aliphatic hydroxyl groups excluding tert-OH is 1. The van der Waals surface area contributed by atoms with Crippen LogP contribution in [0, 0.1) is 0 Å². The van der Waals surface area contributed by atoms with E-state index in [4.69, 9.17) is 9.47 Å². The zero-order valence-electron chi connectivity index (χ0n) is 11.2. The van der Waals surface area contributed by atoms with Crippen molar-refractivity contribution in [3.63, 3.8) is 0 Å². The largest absolute Gasteiger partial charge is 0.514 e. The fraction of sp³-hybridized carbons (Fsp3) is 0.400. The number of aliphatic hydroxyl groups is 1. The number of rotatable bonds is 6. The lowest BCUT2D eigenvalue weighted by Crippen LogP contribution is -2.25. The van der Waals surface area contributed by atoms with Crippen molar-refractivity contribution in [2.24, 2.45) is 0 Å². The summed E-state index contributed by atoms with van der Waals surface area (Å²) in [6, 6.07) is 9.43. The molecular formula is C15H18O4S. The minimum absolute atomic E-state index is 0.0725. The van der Waals surface area contributed by atoms with Crippen LogP contribution in [0.5, 0.6) is 0 Å². The minimum Gasteiger partial charge on any atom is -0.514 e. The molecule has 20 heavy (non-hydrogen) atoms. The van der Waals surface area contributed by atoms with Gasteiger partial charge in [-0.25, -0.2) is 0 Å². The van der Waals surface area contributed by atoms with Gasteiger partial charge in [0, 0.05) is 11.5 Å². The third-order valence-corrected chi connectivity index (χ3v) is 3.96. The molecule has 0 amide bonds. The number of carbonyl (C=O) groups is 1. The van der Waals surface area contributed by atoms with Crippen LogP contribution in [0.3, 0.4) is 0 Å². The Balaban J connectivity index is 1.83. The Kier molecular flexibility index (Phi) is 6.11. The van der Waals surface area contributed by atoms with Crippen molar-refractivity contribution in [3.05, 3.63) is 41.5 Å². The van der Waals surface area contributed by atoms with Gasteiger partial charge in [0.15, 0.2) is 12.1 Å². The molecule has 1 aliphatic heterocycles. The van der Waals surface area contributed by atoms with Crippen molar-refractivity contribution in [3.8, 4) is 0 Å². The summed E-state index contributed by atoms with van der Waals surface area (Å²) in [5.41, 5.74) is 0. The summed E-state index contributed by atoms with van der Waals surface area (Å²) in [6.45, 7) is 0.608. The van der Waals surface area contributed by atoms with Crippen LogP contribution in [0.15, 0.2) is 46.4 Å². The van der Waals surface area contributed by atoms with Gasteiger partial charge in [-0.3, -0.25) is 4.79 Å². The van der Waals surface area contributed by atoms with Gasteiger partial charge in [0.2, 0.25) is 0 Å². The fourth-order valence-corrected chi connectivity index (χ4v) is 2.63. The number of benzene rings is 1. The number of ketones is 1. The Hall–Kier alpha value is -1.30. The summed E-state index contributed by atoms with van der Waals surface area (Å²) in [5, 5.41) is 9.20. The van der Waals surface area contributed by atoms with Gasteiger partial charge in [-0.2, -0.15) is 0 Å². The highest BCUT2D eigenvalue weighted by Crippen LogP contribution is 2.26. The lowest BCUT2D eigenvalue weighted by Gasteiger charge is -2.22. The molecule has 2 rings (SSSR count). The van der Waals surface area contributed by atoms with Crippen molar-refractivity contribution >= 4 is 17.5 Å². The summed E-state index contributed by atoms with van der Waals surface area (Å²) in [7, 11) is 0. The second-order valence-corrected chi connectivity index (χ2v) is 5.55. The molecule has 1 heterocycles. The number of hydrogen-bond donors (Lipinski definition) is 1. The average molecular weight is 294 g/mol. The Morgan fingerprint density at radius 3 is 2.85 bits per heavy atom. The zero-order valence-corrected chi connectivity index (χ0v) is 12.0. The molecule has 4 nitrogen and oxygen atoms in total. The highest BCUT2D eigenvalue weighted by atomic mass is 32.2. The molecule has 0 radical (unpaired) electrons. The van der Waals surface area contributed by atoms with Gasteiger partial charge in [-0.15, -0.1) is 0 Å². The van der Waals surface area contributed by atoms with Gasteiger partial charge in [0.05, 0.1) is 11.2 Å². The van der Waals surface area contributed by atoms with Gasteiger partial charge in [0.1, 0.15) is 6.61 Å². The van der Waals surface area contributed by atoms with E-state index in [0.717, 1.165) is 30.4 Å². The molecule has 1 saturated heterocycles. The Morgan fingerprint density at radius 2 is 2.20 bits per heavy atom. The first kappa shape index (κ1) is 15.1. The van der Waals surface area contributed by atoms with E-state index in [1.807, 2.05) is 30.3 Å². The van der Waals surface area contributed by atoms with E-state index < -0.39 is 0 Å². The molecule has 1 unspecified atom stereocenters. The lowest BCUT2D eigenvalue weighted by atomic mass is 10.2. The molecule has 108 valence electrons. The second-order valence-electron chi connectivity index (χ2n) is 4.44. The molecule has 1 N–H and O–H groups in total. The van der Waals surface area contributed by atoms with Crippen molar-refractivity contribution in [2.75, 3.05) is 13.2 Å². The van der Waals surface area contributed by atoms with E-state index >= 15 is 0 Å². The smallest absolute Gasteiger partial charge is 0.198 e. The van der Waals surface area contributed by atoms with Gasteiger partial charge in [0.25, 0.3) is 0 Å². The van der Waals surface area contributed by atoms with Gasteiger partial charge in [-0.1, -0.05) is 30.0 Å². The maximum absolute atomic E-state index is 12.0. The van der Waals surface area contributed by atoms with Crippen LogP contribution in [0.1, 0.15) is 19.3 Å². The molecule has 0 aliphatic carbocycles. The molecule has 1 aromatic carbocycles. The monoisotopic (exact) mass is 294 g/mol. The van der Waals surface area contributed by atoms with Crippen LogP contribution in [-0.2, 0) is 14.3 Å². The van der Waals surface area contributed by atoms with Crippen LogP contribution in [0.4, 0.5) is 0 Å². The third-order valence-electron chi connectivity index (χ3n) is 2.90. The Bertz CT molecular complexity index is 452. The molecule has 0 spiro atoms. The average Bonchev–Trinajstić information content (AvgIpc) is 2.52. The molecule has 0 aromatic heterocycles. The van der Waals surface area contributed by atoms with E-state index in [1.165, 1.54) is 11.8 Å².